The Morgan fingerprint density at radius 2 is 2.12 bits per heavy atom. The summed E-state index contributed by atoms with van der Waals surface area (Å²) in [4.78, 5) is 9.33. The SMILES string of the molecule is CCNC(=NCC(C)N1CCOCC1C)N1CCS(=O)(=O)C(C)(C)C1. The predicted molar refractivity (Wildman–Crippen MR) is 102 cm³/mol. The normalized spacial score (nSPS) is 28.6. The average Bonchev–Trinajstić information content (AvgIpc) is 2.54. The highest BCUT2D eigenvalue weighted by molar-refractivity contribution is 7.92. The van der Waals surface area contributed by atoms with E-state index in [2.05, 4.69) is 29.0 Å². The Kier molecular flexibility index (Phi) is 6.73. The molecule has 0 bridgehead atoms. The molecule has 2 atom stereocenters. The summed E-state index contributed by atoms with van der Waals surface area (Å²) < 4.78 is 29.2. The van der Waals surface area contributed by atoms with Gasteiger partial charge in [0.2, 0.25) is 0 Å². The molecule has 7 nitrogen and oxygen atoms in total. The maximum atomic E-state index is 12.2. The number of guanidine groups is 1. The molecular formula is C17H34N4O3S. The van der Waals surface area contributed by atoms with Crippen LogP contribution in [0.4, 0.5) is 0 Å². The monoisotopic (exact) mass is 374 g/mol. The molecule has 2 fully saturated rings. The fourth-order valence-corrected chi connectivity index (χ4v) is 4.83. The second-order valence-corrected chi connectivity index (χ2v) is 10.4. The lowest BCUT2D eigenvalue weighted by molar-refractivity contribution is -0.0166. The number of rotatable bonds is 4. The van der Waals surface area contributed by atoms with Crippen molar-refractivity contribution < 1.29 is 13.2 Å². The maximum absolute atomic E-state index is 12.2. The van der Waals surface area contributed by atoms with Crippen molar-refractivity contribution in [3.05, 3.63) is 0 Å². The third-order valence-corrected chi connectivity index (χ3v) is 7.70. The second kappa shape index (κ2) is 8.22. The first-order chi connectivity index (χ1) is 11.7. The van der Waals surface area contributed by atoms with E-state index in [0.29, 0.717) is 31.7 Å². The number of morpholine rings is 1. The minimum absolute atomic E-state index is 0.181. The zero-order valence-electron chi connectivity index (χ0n) is 16.3. The van der Waals surface area contributed by atoms with Crippen molar-refractivity contribution in [3.8, 4) is 0 Å². The summed E-state index contributed by atoms with van der Waals surface area (Å²) in [6.45, 7) is 14.9. The van der Waals surface area contributed by atoms with E-state index >= 15 is 0 Å². The topological polar surface area (TPSA) is 74.2 Å². The molecule has 0 radical (unpaired) electrons. The molecule has 1 N–H and O–H groups in total. The quantitative estimate of drug-likeness (QED) is 0.573. The fraction of sp³-hybridized carbons (Fsp3) is 0.941. The standard InChI is InChI=1S/C17H34N4O3S/c1-6-18-16(20-8-10-25(22,23)17(4,5)13-20)19-11-14(2)21-7-9-24-12-15(21)3/h14-15H,6-13H2,1-5H3,(H,18,19). The summed E-state index contributed by atoms with van der Waals surface area (Å²) in [5.74, 6) is 0.999. The lowest BCUT2D eigenvalue weighted by Gasteiger charge is -2.40. The van der Waals surface area contributed by atoms with Gasteiger partial charge < -0.3 is 15.0 Å². The molecular weight excluding hydrogens is 340 g/mol. The highest BCUT2D eigenvalue weighted by atomic mass is 32.2. The summed E-state index contributed by atoms with van der Waals surface area (Å²) in [5.41, 5.74) is 0. The van der Waals surface area contributed by atoms with Crippen LogP contribution in [0.5, 0.6) is 0 Å². The first kappa shape index (κ1) is 20.5. The van der Waals surface area contributed by atoms with Gasteiger partial charge >= 0.3 is 0 Å². The molecule has 2 heterocycles. The Hall–Kier alpha value is -0.860. The van der Waals surface area contributed by atoms with Crippen LogP contribution in [-0.2, 0) is 14.6 Å². The van der Waals surface area contributed by atoms with Gasteiger partial charge in [-0.3, -0.25) is 9.89 Å². The fourth-order valence-electron chi connectivity index (χ4n) is 3.47. The van der Waals surface area contributed by atoms with Crippen LogP contribution in [-0.4, -0.2) is 92.7 Å². The van der Waals surface area contributed by atoms with Gasteiger partial charge in [0.05, 0.1) is 30.3 Å². The molecule has 0 saturated carbocycles. The van der Waals surface area contributed by atoms with Crippen molar-refractivity contribution >= 4 is 15.8 Å². The molecule has 2 saturated heterocycles. The van der Waals surface area contributed by atoms with Crippen molar-refractivity contribution in [1.82, 2.24) is 15.1 Å². The maximum Gasteiger partial charge on any atom is 0.194 e. The van der Waals surface area contributed by atoms with Crippen molar-refractivity contribution in [3.63, 3.8) is 0 Å². The van der Waals surface area contributed by atoms with Crippen molar-refractivity contribution in [2.24, 2.45) is 4.99 Å². The Morgan fingerprint density at radius 1 is 1.40 bits per heavy atom. The molecule has 2 unspecified atom stereocenters. The van der Waals surface area contributed by atoms with Crippen LogP contribution in [0.15, 0.2) is 4.99 Å². The Labute approximate surface area is 152 Å². The minimum atomic E-state index is -3.04. The van der Waals surface area contributed by atoms with Crippen LogP contribution in [0.3, 0.4) is 0 Å². The number of sulfone groups is 1. The van der Waals surface area contributed by atoms with Gasteiger partial charge in [0.25, 0.3) is 0 Å². The Morgan fingerprint density at radius 3 is 2.72 bits per heavy atom. The third-order valence-electron chi connectivity index (χ3n) is 5.17. The summed E-state index contributed by atoms with van der Waals surface area (Å²) in [5, 5.41) is 3.32. The number of nitrogens with zero attached hydrogens (tertiary/aromatic N) is 3. The van der Waals surface area contributed by atoms with Crippen LogP contribution >= 0.6 is 0 Å². The predicted octanol–water partition coefficient (Wildman–Crippen LogP) is 0.570. The van der Waals surface area contributed by atoms with Crippen molar-refractivity contribution in [2.45, 2.75) is 51.4 Å². The molecule has 0 aliphatic carbocycles. The van der Waals surface area contributed by atoms with E-state index in [9.17, 15) is 8.42 Å². The van der Waals surface area contributed by atoms with E-state index in [0.717, 1.165) is 32.3 Å². The van der Waals surface area contributed by atoms with Crippen LogP contribution < -0.4 is 5.32 Å². The highest BCUT2D eigenvalue weighted by Gasteiger charge is 2.41. The van der Waals surface area contributed by atoms with Gasteiger partial charge in [-0.1, -0.05) is 0 Å². The first-order valence-corrected chi connectivity index (χ1v) is 10.9. The molecule has 8 heteroatoms. The zero-order valence-corrected chi connectivity index (χ0v) is 17.1. The molecule has 25 heavy (non-hydrogen) atoms. The minimum Gasteiger partial charge on any atom is -0.379 e. The molecule has 0 aromatic rings. The van der Waals surface area contributed by atoms with E-state index in [1.165, 1.54) is 0 Å². The van der Waals surface area contributed by atoms with Gasteiger partial charge in [-0.25, -0.2) is 8.42 Å². The number of aliphatic imine (C=N–C) groups is 1. The Balaban J connectivity index is 2.05. The van der Waals surface area contributed by atoms with Gasteiger partial charge in [-0.15, -0.1) is 0 Å². The molecule has 0 spiro atoms. The number of nitrogens with one attached hydrogen (secondary N) is 1. The summed E-state index contributed by atoms with van der Waals surface area (Å²) in [7, 11) is -3.04. The number of hydrogen-bond donors (Lipinski definition) is 1. The van der Waals surface area contributed by atoms with E-state index in [1.54, 1.807) is 13.8 Å². The van der Waals surface area contributed by atoms with Crippen LogP contribution in [0.1, 0.15) is 34.6 Å². The van der Waals surface area contributed by atoms with Crippen LogP contribution in [0, 0.1) is 0 Å². The van der Waals surface area contributed by atoms with E-state index < -0.39 is 14.6 Å². The zero-order chi connectivity index (χ0) is 18.7. The second-order valence-electron chi connectivity index (χ2n) is 7.71. The van der Waals surface area contributed by atoms with E-state index in [-0.39, 0.29) is 5.75 Å². The van der Waals surface area contributed by atoms with Crippen LogP contribution in [0.2, 0.25) is 0 Å². The lowest BCUT2D eigenvalue weighted by Crippen LogP contribution is -2.57. The van der Waals surface area contributed by atoms with Gasteiger partial charge in [0, 0.05) is 38.3 Å². The van der Waals surface area contributed by atoms with E-state index in [1.807, 2.05) is 6.92 Å². The smallest absolute Gasteiger partial charge is 0.194 e. The summed E-state index contributed by atoms with van der Waals surface area (Å²) in [6.07, 6.45) is 0. The van der Waals surface area contributed by atoms with Gasteiger partial charge in [-0.2, -0.15) is 0 Å². The third kappa shape index (κ3) is 4.86. The Bertz CT molecular complexity index is 576. The molecule has 146 valence electrons. The summed E-state index contributed by atoms with van der Waals surface area (Å²) in [6, 6.07) is 0.731. The van der Waals surface area contributed by atoms with Crippen LogP contribution in [0.25, 0.3) is 0 Å². The van der Waals surface area contributed by atoms with Gasteiger partial charge in [-0.05, 0) is 34.6 Å². The molecule has 2 aliphatic rings. The largest absolute Gasteiger partial charge is 0.379 e. The van der Waals surface area contributed by atoms with Crippen molar-refractivity contribution in [1.29, 1.82) is 0 Å². The first-order valence-electron chi connectivity index (χ1n) is 9.27. The lowest BCUT2D eigenvalue weighted by atomic mass is 10.2. The highest BCUT2D eigenvalue weighted by Crippen LogP contribution is 2.23. The summed E-state index contributed by atoms with van der Waals surface area (Å²) >= 11 is 0. The molecule has 0 aromatic carbocycles. The molecule has 2 rings (SSSR count). The van der Waals surface area contributed by atoms with Crippen molar-refractivity contribution in [2.75, 3.05) is 51.7 Å². The number of hydrogen-bond acceptors (Lipinski definition) is 5. The average molecular weight is 375 g/mol. The van der Waals surface area contributed by atoms with Gasteiger partial charge in [0.1, 0.15) is 0 Å². The number of ether oxygens (including phenoxy) is 1. The van der Waals surface area contributed by atoms with Gasteiger partial charge in [0.15, 0.2) is 15.8 Å². The molecule has 2 aliphatic heterocycles. The van der Waals surface area contributed by atoms with E-state index in [4.69, 9.17) is 9.73 Å². The molecule has 0 aromatic heterocycles. The molecule has 0 amide bonds.